The third-order valence-corrected chi connectivity index (χ3v) is 6.59. The molecule has 0 bridgehead atoms. The number of alkyl halides is 4. The van der Waals surface area contributed by atoms with Crippen molar-refractivity contribution in [1.29, 1.82) is 0 Å². The lowest BCUT2D eigenvalue weighted by molar-refractivity contribution is -0.154. The highest BCUT2D eigenvalue weighted by molar-refractivity contribution is 9.09. The summed E-state index contributed by atoms with van der Waals surface area (Å²) in [6.07, 6.45) is -2.68. The Morgan fingerprint density at radius 2 is 1.82 bits per heavy atom. The topological polar surface area (TPSA) is 89.0 Å². The van der Waals surface area contributed by atoms with Gasteiger partial charge in [-0.1, -0.05) is 39.7 Å². The molecule has 13 heteroatoms. The van der Waals surface area contributed by atoms with Gasteiger partial charge in [0.25, 0.3) is 0 Å². The summed E-state index contributed by atoms with van der Waals surface area (Å²) in [6, 6.07) is 10.3. The molecule has 3 rings (SSSR count). The van der Waals surface area contributed by atoms with Gasteiger partial charge < -0.3 is 19.9 Å². The number of hydrogen-bond acceptors (Lipinski definition) is 7. The fraction of sp³-hybridized carbons (Fsp3) is 0.286. The van der Waals surface area contributed by atoms with E-state index < -0.39 is 19.9 Å². The third kappa shape index (κ3) is 7.32. The number of para-hydroxylation sites is 1. The van der Waals surface area contributed by atoms with E-state index in [0.717, 1.165) is 0 Å². The number of aromatic nitrogens is 3. The molecule has 0 saturated heterocycles. The van der Waals surface area contributed by atoms with E-state index >= 15 is 0 Å². The van der Waals surface area contributed by atoms with Crippen LogP contribution in [0.1, 0.15) is 5.69 Å². The monoisotopic (exact) mass is 577 g/mol. The normalized spacial score (nSPS) is 11.9. The van der Waals surface area contributed by atoms with E-state index in [4.69, 9.17) is 16.3 Å². The summed E-state index contributed by atoms with van der Waals surface area (Å²) in [5.74, 6) is 0.0428. The number of ether oxygens (including phenoxy) is 1. The average Bonchev–Trinajstić information content (AvgIpc) is 2.75. The first-order chi connectivity index (χ1) is 16.0. The fourth-order valence-corrected chi connectivity index (χ4v) is 4.58. The van der Waals surface area contributed by atoms with Gasteiger partial charge in [0.2, 0.25) is 11.8 Å². The number of benzene rings is 1. The lowest BCUT2D eigenvalue weighted by Gasteiger charge is -2.16. The van der Waals surface area contributed by atoms with Gasteiger partial charge in [0.15, 0.2) is 12.4 Å². The van der Waals surface area contributed by atoms with Crippen molar-refractivity contribution in [2.24, 2.45) is 0 Å². The van der Waals surface area contributed by atoms with Crippen LogP contribution in [0.2, 0.25) is 5.02 Å². The Bertz CT molecular complexity index is 1210. The number of halogens is 5. The van der Waals surface area contributed by atoms with Gasteiger partial charge in [-0.05, 0) is 44.0 Å². The Hall–Kier alpha value is -2.36. The number of anilines is 4. The minimum absolute atomic E-state index is 0.0486. The molecule has 0 aliphatic carbocycles. The molecular weight excluding hydrogens is 558 g/mol. The minimum Gasteiger partial charge on any atom is -0.467 e. The van der Waals surface area contributed by atoms with Gasteiger partial charge in [-0.15, -0.1) is 0 Å². The number of rotatable bonds is 9. The largest absolute Gasteiger partial charge is 0.467 e. The molecule has 0 fully saturated rings. The molecule has 2 N–H and O–H groups in total. The van der Waals surface area contributed by atoms with Crippen LogP contribution in [0.3, 0.4) is 0 Å². The molecule has 2 heterocycles. The first-order valence-corrected chi connectivity index (χ1v) is 14.0. The second-order valence-electron chi connectivity index (χ2n) is 7.51. The van der Waals surface area contributed by atoms with Crippen LogP contribution in [0.5, 0.6) is 5.88 Å². The summed E-state index contributed by atoms with van der Waals surface area (Å²) in [4.78, 5) is 12.6. The van der Waals surface area contributed by atoms with Gasteiger partial charge in [-0.25, -0.2) is 9.97 Å². The predicted octanol–water partition coefficient (Wildman–Crippen LogP) is 6.14. The Balaban J connectivity index is 1.90. The van der Waals surface area contributed by atoms with Gasteiger partial charge in [0, 0.05) is 16.3 Å². The smallest absolute Gasteiger partial charge is 0.422 e. The minimum atomic E-state index is -4.52. The summed E-state index contributed by atoms with van der Waals surface area (Å²) >= 11 is 9.53. The maximum Gasteiger partial charge on any atom is 0.422 e. The van der Waals surface area contributed by atoms with Crippen LogP contribution in [0.4, 0.5) is 36.3 Å². The van der Waals surface area contributed by atoms with Gasteiger partial charge in [-0.3, -0.25) is 0 Å². The molecule has 1 aromatic carbocycles. The lowest BCUT2D eigenvalue weighted by atomic mass is 10.3. The Morgan fingerprint density at radius 1 is 1.09 bits per heavy atom. The third-order valence-electron chi connectivity index (χ3n) is 4.37. The molecule has 0 aliphatic heterocycles. The van der Waals surface area contributed by atoms with Crippen molar-refractivity contribution in [3.63, 3.8) is 0 Å². The summed E-state index contributed by atoms with van der Waals surface area (Å²) in [5.41, 5.74) is 1.28. The summed E-state index contributed by atoms with van der Waals surface area (Å²) in [5, 5.41) is 7.30. The summed E-state index contributed by atoms with van der Waals surface area (Å²) in [6.45, 7) is 1.80. The Labute approximate surface area is 208 Å². The van der Waals surface area contributed by atoms with Crippen molar-refractivity contribution in [3.05, 3.63) is 53.3 Å². The van der Waals surface area contributed by atoms with E-state index in [1.54, 1.807) is 49.7 Å². The van der Waals surface area contributed by atoms with Crippen molar-refractivity contribution < 1.29 is 22.5 Å². The molecule has 0 saturated carbocycles. The van der Waals surface area contributed by atoms with Gasteiger partial charge in [0.1, 0.15) is 17.9 Å². The highest BCUT2D eigenvalue weighted by Crippen LogP contribution is 2.38. The van der Waals surface area contributed by atoms with E-state index in [-0.39, 0.29) is 28.4 Å². The molecule has 34 heavy (non-hydrogen) atoms. The van der Waals surface area contributed by atoms with Crippen LogP contribution in [0, 0.1) is 0 Å². The number of pyridine rings is 1. The van der Waals surface area contributed by atoms with Gasteiger partial charge in [-0.2, -0.15) is 18.2 Å². The van der Waals surface area contributed by atoms with Crippen LogP contribution in [0.25, 0.3) is 0 Å². The molecule has 3 aromatic rings. The SMILES string of the molecule is CP(C)(=O)c1ccccc1Nc1nc(Nc2ccc(CCBr)nc2OCC(F)(F)F)ncc1Cl. The zero-order valence-corrected chi connectivity index (χ0v) is 21.4. The molecular formula is C21H21BrClF3N5O2P. The predicted molar refractivity (Wildman–Crippen MR) is 132 cm³/mol. The lowest BCUT2D eigenvalue weighted by Crippen LogP contribution is -2.20. The molecule has 0 amide bonds. The van der Waals surface area contributed by atoms with Crippen LogP contribution in [0.15, 0.2) is 42.6 Å². The van der Waals surface area contributed by atoms with E-state index in [9.17, 15) is 17.7 Å². The number of nitrogens with zero attached hydrogens (tertiary/aromatic N) is 3. The second kappa shape index (κ2) is 10.9. The maximum atomic E-state index is 12.7. The van der Waals surface area contributed by atoms with E-state index in [2.05, 4.69) is 41.5 Å². The van der Waals surface area contributed by atoms with Crippen LogP contribution in [-0.4, -0.2) is 46.4 Å². The summed E-state index contributed by atoms with van der Waals surface area (Å²) in [7, 11) is -2.60. The van der Waals surface area contributed by atoms with E-state index in [1.165, 1.54) is 6.20 Å². The Morgan fingerprint density at radius 3 is 2.50 bits per heavy atom. The van der Waals surface area contributed by atoms with Crippen LogP contribution < -0.4 is 20.7 Å². The molecule has 7 nitrogen and oxygen atoms in total. The van der Waals surface area contributed by atoms with Crippen molar-refractivity contribution in [2.75, 3.05) is 35.9 Å². The number of aryl methyl sites for hydroxylation is 1. The van der Waals surface area contributed by atoms with E-state index in [1.807, 2.05) is 0 Å². The molecule has 0 spiro atoms. The standard InChI is InChI=1S/C21H21BrClF3N5O2P/c1-34(2,32)17-6-4-3-5-15(17)29-18-14(23)11-27-20(31-18)30-16-8-7-13(9-10-22)28-19(16)33-12-21(24,25)26/h3-8,11H,9-10,12H2,1-2H3,(H2,27,29,30,31). The zero-order chi connectivity index (χ0) is 24.9. The van der Waals surface area contributed by atoms with Crippen molar-refractivity contribution >= 4 is 63.1 Å². The van der Waals surface area contributed by atoms with Crippen LogP contribution in [-0.2, 0) is 11.0 Å². The molecule has 2 aromatic heterocycles. The first kappa shape index (κ1) is 26.2. The number of nitrogens with one attached hydrogen (secondary N) is 2. The van der Waals surface area contributed by atoms with Crippen molar-refractivity contribution in [2.45, 2.75) is 12.6 Å². The molecule has 182 valence electrons. The highest BCUT2D eigenvalue weighted by atomic mass is 79.9. The van der Waals surface area contributed by atoms with Gasteiger partial charge in [0.05, 0.1) is 11.9 Å². The quantitative estimate of drug-likeness (QED) is 0.233. The second-order valence-corrected chi connectivity index (χ2v) is 11.9. The number of hydrogen-bond donors (Lipinski definition) is 2. The van der Waals surface area contributed by atoms with Crippen molar-refractivity contribution in [1.82, 2.24) is 15.0 Å². The summed E-state index contributed by atoms with van der Waals surface area (Å²) < 4.78 is 55.7. The average molecular weight is 579 g/mol. The van der Waals surface area contributed by atoms with E-state index in [0.29, 0.717) is 28.4 Å². The van der Waals surface area contributed by atoms with Gasteiger partial charge >= 0.3 is 6.18 Å². The molecule has 0 atom stereocenters. The van der Waals surface area contributed by atoms with Crippen molar-refractivity contribution in [3.8, 4) is 5.88 Å². The molecule has 0 unspecified atom stereocenters. The maximum absolute atomic E-state index is 12.7. The highest BCUT2D eigenvalue weighted by Gasteiger charge is 2.29. The molecule has 0 radical (unpaired) electrons. The fourth-order valence-electron chi connectivity index (χ4n) is 2.88. The Kier molecular flexibility index (Phi) is 8.43. The first-order valence-electron chi connectivity index (χ1n) is 9.93. The molecule has 0 aliphatic rings. The zero-order valence-electron chi connectivity index (χ0n) is 18.2. The van der Waals surface area contributed by atoms with Crippen LogP contribution >= 0.6 is 34.7 Å².